The highest BCUT2D eigenvalue weighted by Crippen LogP contribution is 2.52. The molecule has 0 aromatic carbocycles. The van der Waals surface area contributed by atoms with Crippen molar-refractivity contribution in [1.82, 2.24) is 0 Å². The molecule has 0 bridgehead atoms. The van der Waals surface area contributed by atoms with Crippen LogP contribution in [0, 0.1) is 17.3 Å². The van der Waals surface area contributed by atoms with Crippen LogP contribution < -0.4 is 0 Å². The standard InChI is InChI=1S/C15H26O2/c1-10-5-4-7-15(3)8-6-12(9-13(10)15)14(17)11(2)16/h5,11-14,16-17H,4,6-9H2,1-3H3/t11?,12-,13+,14+,15-/m1/s1. The molecule has 2 aliphatic carbocycles. The van der Waals surface area contributed by atoms with Crippen molar-refractivity contribution in [3.8, 4) is 0 Å². The third-order valence-corrected chi connectivity index (χ3v) is 5.17. The Morgan fingerprint density at radius 1 is 1.35 bits per heavy atom. The molecule has 1 saturated carbocycles. The SMILES string of the molecule is CC1=CCC[C@]2(C)CC[C@@H]([C@@H](O)C(C)O)C[C@@H]12. The highest BCUT2D eigenvalue weighted by atomic mass is 16.3. The number of aliphatic hydroxyl groups excluding tert-OH is 2. The summed E-state index contributed by atoms with van der Waals surface area (Å²) in [5.74, 6) is 0.887. The Kier molecular flexibility index (Phi) is 3.65. The molecule has 0 aliphatic heterocycles. The van der Waals surface area contributed by atoms with Gasteiger partial charge in [0.05, 0.1) is 12.2 Å². The maximum Gasteiger partial charge on any atom is 0.0824 e. The van der Waals surface area contributed by atoms with Crippen molar-refractivity contribution < 1.29 is 10.2 Å². The van der Waals surface area contributed by atoms with E-state index in [1.165, 1.54) is 24.8 Å². The predicted molar refractivity (Wildman–Crippen MR) is 69.6 cm³/mol. The van der Waals surface area contributed by atoms with Crippen molar-refractivity contribution in [1.29, 1.82) is 0 Å². The number of aliphatic hydroxyl groups is 2. The van der Waals surface area contributed by atoms with Crippen LogP contribution >= 0.6 is 0 Å². The summed E-state index contributed by atoms with van der Waals surface area (Å²) in [6, 6.07) is 0. The molecule has 2 nitrogen and oxygen atoms in total. The molecule has 0 spiro atoms. The molecule has 0 aromatic rings. The zero-order valence-electron chi connectivity index (χ0n) is 11.3. The summed E-state index contributed by atoms with van der Waals surface area (Å²) < 4.78 is 0. The Morgan fingerprint density at radius 2 is 2.06 bits per heavy atom. The molecule has 2 rings (SSSR count). The third-order valence-electron chi connectivity index (χ3n) is 5.17. The van der Waals surface area contributed by atoms with Gasteiger partial charge >= 0.3 is 0 Å². The van der Waals surface area contributed by atoms with Gasteiger partial charge in [-0.05, 0) is 63.2 Å². The van der Waals surface area contributed by atoms with Gasteiger partial charge in [-0.25, -0.2) is 0 Å². The third kappa shape index (κ3) is 2.43. The minimum absolute atomic E-state index is 0.273. The Labute approximate surface area is 105 Å². The Hall–Kier alpha value is -0.340. The van der Waals surface area contributed by atoms with Gasteiger partial charge in [0.2, 0.25) is 0 Å². The molecule has 2 N–H and O–H groups in total. The Bertz CT molecular complexity index is 308. The van der Waals surface area contributed by atoms with Gasteiger partial charge in [0.1, 0.15) is 0 Å². The van der Waals surface area contributed by atoms with E-state index < -0.39 is 12.2 Å². The number of allylic oxidation sites excluding steroid dienone is 2. The summed E-state index contributed by atoms with van der Waals surface area (Å²) >= 11 is 0. The number of hydrogen-bond acceptors (Lipinski definition) is 2. The number of rotatable bonds is 2. The second kappa shape index (κ2) is 4.74. The molecule has 17 heavy (non-hydrogen) atoms. The van der Waals surface area contributed by atoms with E-state index in [2.05, 4.69) is 19.9 Å². The molecule has 5 atom stereocenters. The Balaban J connectivity index is 2.11. The minimum atomic E-state index is -0.600. The van der Waals surface area contributed by atoms with Gasteiger partial charge < -0.3 is 10.2 Å². The lowest BCUT2D eigenvalue weighted by molar-refractivity contribution is -0.0434. The van der Waals surface area contributed by atoms with Crippen LogP contribution in [0.25, 0.3) is 0 Å². The molecular weight excluding hydrogens is 212 g/mol. The average molecular weight is 238 g/mol. The summed E-state index contributed by atoms with van der Waals surface area (Å²) in [4.78, 5) is 0. The summed E-state index contributed by atoms with van der Waals surface area (Å²) in [5, 5.41) is 19.6. The van der Waals surface area contributed by atoms with E-state index in [1.54, 1.807) is 6.92 Å². The highest BCUT2D eigenvalue weighted by molar-refractivity contribution is 5.15. The maximum atomic E-state index is 10.0. The molecule has 0 heterocycles. The smallest absolute Gasteiger partial charge is 0.0824 e. The molecule has 2 aliphatic rings. The van der Waals surface area contributed by atoms with E-state index in [4.69, 9.17) is 0 Å². The fourth-order valence-electron chi connectivity index (χ4n) is 3.91. The van der Waals surface area contributed by atoms with Crippen LogP contribution in [0.3, 0.4) is 0 Å². The van der Waals surface area contributed by atoms with Gasteiger partial charge in [-0.2, -0.15) is 0 Å². The minimum Gasteiger partial charge on any atom is -0.391 e. The highest BCUT2D eigenvalue weighted by Gasteiger charge is 2.43. The van der Waals surface area contributed by atoms with Gasteiger partial charge in [0.15, 0.2) is 0 Å². The quantitative estimate of drug-likeness (QED) is 0.726. The second-order valence-corrected chi connectivity index (χ2v) is 6.46. The normalized spacial score (nSPS) is 41.4. The van der Waals surface area contributed by atoms with Gasteiger partial charge in [0, 0.05) is 0 Å². The van der Waals surface area contributed by atoms with Crippen LogP contribution in [-0.4, -0.2) is 22.4 Å². The van der Waals surface area contributed by atoms with E-state index in [0.29, 0.717) is 11.3 Å². The topological polar surface area (TPSA) is 40.5 Å². The second-order valence-electron chi connectivity index (χ2n) is 6.46. The van der Waals surface area contributed by atoms with Crippen LogP contribution in [0.4, 0.5) is 0 Å². The largest absolute Gasteiger partial charge is 0.391 e. The van der Waals surface area contributed by atoms with Crippen molar-refractivity contribution in [3.05, 3.63) is 11.6 Å². The van der Waals surface area contributed by atoms with Crippen LogP contribution in [0.1, 0.15) is 52.9 Å². The van der Waals surface area contributed by atoms with Crippen LogP contribution in [0.2, 0.25) is 0 Å². The van der Waals surface area contributed by atoms with E-state index in [-0.39, 0.29) is 5.92 Å². The number of hydrogen-bond donors (Lipinski definition) is 2. The molecule has 1 fully saturated rings. The van der Waals surface area contributed by atoms with Gasteiger partial charge in [0.25, 0.3) is 0 Å². The summed E-state index contributed by atoms with van der Waals surface area (Å²) in [6.45, 7) is 6.33. The van der Waals surface area contributed by atoms with Gasteiger partial charge in [-0.15, -0.1) is 0 Å². The fourth-order valence-corrected chi connectivity index (χ4v) is 3.91. The molecule has 98 valence electrons. The number of fused-ring (bicyclic) bond motifs is 1. The lowest BCUT2D eigenvalue weighted by Gasteiger charge is -2.48. The first kappa shape index (κ1) is 13.1. The van der Waals surface area contributed by atoms with Crippen LogP contribution in [0.15, 0.2) is 11.6 Å². The average Bonchev–Trinajstić information content (AvgIpc) is 2.27. The maximum absolute atomic E-state index is 10.0. The molecule has 0 aromatic heterocycles. The lowest BCUT2D eigenvalue weighted by Crippen LogP contribution is -2.42. The van der Waals surface area contributed by atoms with Crippen LogP contribution in [0.5, 0.6) is 0 Å². The van der Waals surface area contributed by atoms with Crippen molar-refractivity contribution in [2.24, 2.45) is 17.3 Å². The van der Waals surface area contributed by atoms with E-state index in [0.717, 1.165) is 12.8 Å². The van der Waals surface area contributed by atoms with E-state index in [9.17, 15) is 10.2 Å². The monoisotopic (exact) mass is 238 g/mol. The van der Waals surface area contributed by atoms with Crippen molar-refractivity contribution in [3.63, 3.8) is 0 Å². The zero-order valence-corrected chi connectivity index (χ0v) is 11.3. The first-order valence-corrected chi connectivity index (χ1v) is 6.97. The van der Waals surface area contributed by atoms with Crippen molar-refractivity contribution >= 4 is 0 Å². The van der Waals surface area contributed by atoms with Gasteiger partial charge in [-0.1, -0.05) is 18.6 Å². The van der Waals surface area contributed by atoms with Gasteiger partial charge in [-0.3, -0.25) is 0 Å². The molecular formula is C15H26O2. The zero-order chi connectivity index (χ0) is 12.6. The molecule has 0 saturated heterocycles. The first-order chi connectivity index (χ1) is 7.94. The fraction of sp³-hybridized carbons (Fsp3) is 0.867. The molecule has 0 amide bonds. The van der Waals surface area contributed by atoms with Crippen molar-refractivity contribution in [2.75, 3.05) is 0 Å². The Morgan fingerprint density at radius 3 is 2.71 bits per heavy atom. The first-order valence-electron chi connectivity index (χ1n) is 6.97. The summed E-state index contributed by atoms with van der Waals surface area (Å²) in [6.07, 6.45) is 7.01. The lowest BCUT2D eigenvalue weighted by atomic mass is 9.57. The summed E-state index contributed by atoms with van der Waals surface area (Å²) in [7, 11) is 0. The van der Waals surface area contributed by atoms with Crippen molar-refractivity contribution in [2.45, 2.75) is 65.1 Å². The summed E-state index contributed by atoms with van der Waals surface area (Å²) in [5.41, 5.74) is 1.94. The van der Waals surface area contributed by atoms with E-state index >= 15 is 0 Å². The van der Waals surface area contributed by atoms with Crippen LogP contribution in [-0.2, 0) is 0 Å². The predicted octanol–water partition coefficient (Wildman–Crippen LogP) is 2.89. The molecule has 0 radical (unpaired) electrons. The molecule has 2 heteroatoms. The van der Waals surface area contributed by atoms with E-state index in [1.807, 2.05) is 0 Å². The molecule has 1 unspecified atom stereocenters.